The average Bonchev–Trinajstić information content (AvgIpc) is 2.59. The number of carbonyl (C=O) groups is 2. The van der Waals surface area contributed by atoms with Crippen LogP contribution in [0.3, 0.4) is 0 Å². The van der Waals surface area contributed by atoms with E-state index in [2.05, 4.69) is 6.58 Å². The molecule has 0 aromatic heterocycles. The standard InChI is InChI=1S/C20H24Cl2O5.H3N/c1-13(2)17(12-7-14(3)5-4-6-18(23)24)27-20(25)19(22)26-16-10-8-15(21)9-11-16;/h4,6,8-11,14,17,19H,1,5,7,12H2,2-3H3,(H,23,24);1H3. The Balaban J connectivity index is 0.00000729. The molecule has 3 unspecified atom stereocenters. The van der Waals surface area contributed by atoms with Gasteiger partial charge in [-0.25, -0.2) is 9.59 Å². The number of halogens is 2. The molecule has 0 spiro atoms. The second-order valence-electron chi connectivity index (χ2n) is 6.32. The van der Waals surface area contributed by atoms with E-state index in [0.717, 1.165) is 12.5 Å². The first-order chi connectivity index (χ1) is 12.7. The van der Waals surface area contributed by atoms with Gasteiger partial charge < -0.3 is 20.7 Å². The quantitative estimate of drug-likeness (QED) is 0.210. The van der Waals surface area contributed by atoms with Crippen molar-refractivity contribution in [3.8, 4) is 5.75 Å². The fourth-order valence-corrected chi connectivity index (χ4v) is 2.52. The van der Waals surface area contributed by atoms with Crippen LogP contribution in [0.25, 0.3) is 0 Å². The summed E-state index contributed by atoms with van der Waals surface area (Å²) in [5.74, 6) is -1.02. The lowest BCUT2D eigenvalue weighted by atomic mass is 9.97. The van der Waals surface area contributed by atoms with Gasteiger partial charge in [-0.3, -0.25) is 0 Å². The predicted molar refractivity (Wildman–Crippen MR) is 111 cm³/mol. The third kappa shape index (κ3) is 10.3. The Hall–Kier alpha value is -2.02. The van der Waals surface area contributed by atoms with Gasteiger partial charge in [0.25, 0.3) is 5.56 Å². The first kappa shape index (κ1) is 26.0. The van der Waals surface area contributed by atoms with Crippen LogP contribution in [0.15, 0.2) is 48.6 Å². The van der Waals surface area contributed by atoms with Crippen molar-refractivity contribution in [1.82, 2.24) is 6.15 Å². The first-order valence-electron chi connectivity index (χ1n) is 8.50. The number of hydrogen-bond acceptors (Lipinski definition) is 5. The third-order valence-electron chi connectivity index (χ3n) is 3.77. The van der Waals surface area contributed by atoms with Crippen molar-refractivity contribution in [2.45, 2.75) is 44.8 Å². The van der Waals surface area contributed by atoms with E-state index in [4.69, 9.17) is 37.8 Å². The Kier molecular flexibility index (Phi) is 12.3. The zero-order valence-corrected chi connectivity index (χ0v) is 17.6. The molecule has 156 valence electrons. The van der Waals surface area contributed by atoms with Crippen molar-refractivity contribution in [3.63, 3.8) is 0 Å². The molecule has 1 aromatic rings. The van der Waals surface area contributed by atoms with Crippen molar-refractivity contribution >= 4 is 35.1 Å². The van der Waals surface area contributed by atoms with Crippen LogP contribution in [0.5, 0.6) is 5.75 Å². The Bertz CT molecular complexity index is 676. The zero-order valence-electron chi connectivity index (χ0n) is 16.1. The predicted octanol–water partition coefficient (Wildman–Crippen LogP) is 5.38. The minimum atomic E-state index is -1.29. The molecular formula is C20H27Cl2NO5. The maximum Gasteiger partial charge on any atom is 0.363 e. The van der Waals surface area contributed by atoms with Gasteiger partial charge in [0.15, 0.2) is 0 Å². The Morgan fingerprint density at radius 2 is 1.86 bits per heavy atom. The summed E-state index contributed by atoms with van der Waals surface area (Å²) in [5.41, 5.74) is -0.587. The van der Waals surface area contributed by atoms with Gasteiger partial charge in [0, 0.05) is 11.1 Å². The van der Waals surface area contributed by atoms with E-state index < -0.39 is 23.6 Å². The number of aliphatic carboxylic acids is 1. The zero-order chi connectivity index (χ0) is 20.4. The largest absolute Gasteiger partial charge is 0.478 e. The summed E-state index contributed by atoms with van der Waals surface area (Å²) in [4.78, 5) is 22.7. The van der Waals surface area contributed by atoms with Crippen LogP contribution in [-0.4, -0.2) is 28.7 Å². The van der Waals surface area contributed by atoms with Gasteiger partial charge in [-0.05, 0) is 61.9 Å². The number of carboxylic acids is 1. The minimum Gasteiger partial charge on any atom is -0.478 e. The summed E-state index contributed by atoms with van der Waals surface area (Å²) in [7, 11) is 0. The van der Waals surface area contributed by atoms with Crippen LogP contribution in [-0.2, 0) is 14.3 Å². The molecule has 0 aliphatic rings. The second-order valence-corrected chi connectivity index (χ2v) is 7.15. The van der Waals surface area contributed by atoms with E-state index in [1.165, 1.54) is 0 Å². The number of ether oxygens (including phenoxy) is 2. The van der Waals surface area contributed by atoms with E-state index >= 15 is 0 Å². The Morgan fingerprint density at radius 1 is 1.25 bits per heavy atom. The SMILES string of the molecule is C=C(C)C(CCC(C)CC=CC(=O)O)OC(=O)C(Cl)Oc1ccc(Cl)cc1.N. The molecule has 0 heterocycles. The first-order valence-corrected chi connectivity index (χ1v) is 9.32. The number of hydrogen-bond donors (Lipinski definition) is 2. The maximum absolute atomic E-state index is 12.2. The molecule has 0 fully saturated rings. The summed E-state index contributed by atoms with van der Waals surface area (Å²) in [6, 6.07) is 6.46. The van der Waals surface area contributed by atoms with Crippen molar-refractivity contribution < 1.29 is 24.2 Å². The van der Waals surface area contributed by atoms with E-state index in [1.807, 2.05) is 6.92 Å². The summed E-state index contributed by atoms with van der Waals surface area (Å²) in [5, 5.41) is 9.15. The monoisotopic (exact) mass is 431 g/mol. The number of esters is 1. The molecule has 0 amide bonds. The molecular weight excluding hydrogens is 405 g/mol. The van der Waals surface area contributed by atoms with E-state index in [1.54, 1.807) is 37.3 Å². The number of alkyl halides is 1. The van der Waals surface area contributed by atoms with Gasteiger partial charge in [0.2, 0.25) is 0 Å². The minimum absolute atomic E-state index is 0. The fourth-order valence-electron chi connectivity index (χ4n) is 2.24. The van der Waals surface area contributed by atoms with Crippen molar-refractivity contribution in [2.75, 3.05) is 0 Å². The highest BCUT2D eigenvalue weighted by Gasteiger charge is 2.24. The number of benzene rings is 1. The van der Waals surface area contributed by atoms with Crippen LogP contribution in [0.4, 0.5) is 0 Å². The van der Waals surface area contributed by atoms with Crippen molar-refractivity contribution in [2.24, 2.45) is 5.92 Å². The number of allylic oxidation sites excluding steroid dienone is 1. The molecule has 0 saturated heterocycles. The van der Waals surface area contributed by atoms with Crippen molar-refractivity contribution in [3.05, 3.63) is 53.6 Å². The topological polar surface area (TPSA) is 108 Å². The lowest BCUT2D eigenvalue weighted by Crippen LogP contribution is -2.29. The summed E-state index contributed by atoms with van der Waals surface area (Å²) >= 11 is 11.8. The lowest BCUT2D eigenvalue weighted by molar-refractivity contribution is -0.152. The molecule has 0 bridgehead atoms. The van der Waals surface area contributed by atoms with Crippen LogP contribution in [0, 0.1) is 5.92 Å². The van der Waals surface area contributed by atoms with Gasteiger partial charge in [-0.1, -0.05) is 42.8 Å². The lowest BCUT2D eigenvalue weighted by Gasteiger charge is -2.21. The number of carbonyl (C=O) groups excluding carboxylic acids is 1. The third-order valence-corrected chi connectivity index (χ3v) is 4.29. The molecule has 1 aromatic carbocycles. The molecule has 28 heavy (non-hydrogen) atoms. The Morgan fingerprint density at radius 3 is 2.39 bits per heavy atom. The number of rotatable bonds is 11. The molecule has 8 heteroatoms. The molecule has 0 radical (unpaired) electrons. The highest BCUT2D eigenvalue weighted by molar-refractivity contribution is 6.30. The van der Waals surface area contributed by atoms with Crippen LogP contribution in [0.1, 0.15) is 33.1 Å². The van der Waals surface area contributed by atoms with Gasteiger partial charge in [-0.15, -0.1) is 0 Å². The van der Waals surface area contributed by atoms with E-state index in [-0.39, 0.29) is 12.1 Å². The van der Waals surface area contributed by atoms with Gasteiger partial charge in [-0.2, -0.15) is 0 Å². The highest BCUT2D eigenvalue weighted by atomic mass is 35.5. The van der Waals surface area contributed by atoms with Gasteiger partial charge in [0.1, 0.15) is 11.9 Å². The van der Waals surface area contributed by atoms with Crippen LogP contribution < -0.4 is 10.9 Å². The average molecular weight is 432 g/mol. The second kappa shape index (κ2) is 13.2. The molecule has 3 atom stereocenters. The van der Waals surface area contributed by atoms with E-state index in [0.29, 0.717) is 29.2 Å². The summed E-state index contributed by atoms with van der Waals surface area (Å²) < 4.78 is 10.8. The van der Waals surface area contributed by atoms with Crippen LogP contribution >= 0.6 is 23.2 Å². The smallest absolute Gasteiger partial charge is 0.363 e. The number of carboxylic acid groups (broad SMARTS) is 1. The van der Waals surface area contributed by atoms with E-state index in [9.17, 15) is 9.59 Å². The Labute approximate surface area is 175 Å². The maximum atomic E-state index is 12.2. The normalized spacial score (nSPS) is 13.9. The van der Waals surface area contributed by atoms with Gasteiger partial charge in [0.05, 0.1) is 0 Å². The summed E-state index contributed by atoms with van der Waals surface area (Å²) in [6.45, 7) is 7.63. The molecule has 1 rings (SSSR count). The van der Waals surface area contributed by atoms with Crippen LogP contribution in [0.2, 0.25) is 5.02 Å². The van der Waals surface area contributed by atoms with Crippen molar-refractivity contribution in [1.29, 1.82) is 0 Å². The fraction of sp³-hybridized carbons (Fsp3) is 0.400. The summed E-state index contributed by atoms with van der Waals surface area (Å²) in [6.07, 6.45) is 4.18. The molecule has 4 N–H and O–H groups in total. The molecule has 0 saturated carbocycles. The molecule has 6 nitrogen and oxygen atoms in total. The molecule has 0 aliphatic heterocycles. The molecule has 0 aliphatic carbocycles. The van der Waals surface area contributed by atoms with Gasteiger partial charge >= 0.3 is 11.9 Å². The highest BCUT2D eigenvalue weighted by Crippen LogP contribution is 2.21.